The second-order valence-corrected chi connectivity index (χ2v) is 3.81. The van der Waals surface area contributed by atoms with E-state index in [2.05, 4.69) is 17.6 Å². The van der Waals surface area contributed by atoms with E-state index in [0.29, 0.717) is 5.54 Å². The van der Waals surface area contributed by atoms with E-state index >= 15 is 0 Å². The fourth-order valence-electron chi connectivity index (χ4n) is 2.23. The lowest BCUT2D eigenvalue weighted by Crippen LogP contribution is -2.52. The summed E-state index contributed by atoms with van der Waals surface area (Å²) >= 11 is 0. The molecule has 2 heteroatoms. The van der Waals surface area contributed by atoms with Gasteiger partial charge in [0.2, 0.25) is 0 Å². The number of hydrogen-bond donors (Lipinski definition) is 2. The molecule has 2 rings (SSSR count). The third-order valence-corrected chi connectivity index (χ3v) is 3.04. The molecule has 0 spiro atoms. The number of rotatable bonds is 0. The zero-order valence-electron chi connectivity index (χ0n) is 6.61. The van der Waals surface area contributed by atoms with Crippen LogP contribution in [0.5, 0.6) is 0 Å². The first-order chi connectivity index (χ1) is 4.81. The molecule has 0 aromatic carbocycles. The van der Waals surface area contributed by atoms with Gasteiger partial charge in [0.05, 0.1) is 0 Å². The molecule has 10 heavy (non-hydrogen) atoms. The van der Waals surface area contributed by atoms with E-state index in [0.717, 1.165) is 12.5 Å². The lowest BCUT2D eigenvalue weighted by Gasteiger charge is -2.36. The predicted octanol–water partition coefficient (Wildman–Crippen LogP) is 0.348. The summed E-state index contributed by atoms with van der Waals surface area (Å²) in [5.41, 5.74) is 0.429. The summed E-state index contributed by atoms with van der Waals surface area (Å²) in [6, 6.07) is 0. The Morgan fingerprint density at radius 3 is 3.20 bits per heavy atom. The van der Waals surface area contributed by atoms with Crippen molar-refractivity contribution in [3.05, 3.63) is 0 Å². The molecule has 2 heterocycles. The van der Waals surface area contributed by atoms with Crippen LogP contribution in [0.2, 0.25) is 0 Å². The normalized spacial score (nSPS) is 47.1. The number of piperidine rings is 1. The van der Waals surface area contributed by atoms with E-state index in [1.165, 1.54) is 25.9 Å². The highest BCUT2D eigenvalue weighted by Crippen LogP contribution is 2.28. The third kappa shape index (κ3) is 0.867. The minimum Gasteiger partial charge on any atom is -0.315 e. The van der Waals surface area contributed by atoms with Gasteiger partial charge in [-0.2, -0.15) is 0 Å². The lowest BCUT2D eigenvalue weighted by molar-refractivity contribution is 0.233. The lowest BCUT2D eigenvalue weighted by atomic mass is 9.82. The van der Waals surface area contributed by atoms with Crippen molar-refractivity contribution in [1.29, 1.82) is 0 Å². The van der Waals surface area contributed by atoms with Crippen LogP contribution in [0.3, 0.4) is 0 Å². The molecule has 0 aliphatic carbocycles. The van der Waals surface area contributed by atoms with Crippen LogP contribution in [-0.2, 0) is 0 Å². The van der Waals surface area contributed by atoms with Crippen molar-refractivity contribution in [3.8, 4) is 0 Å². The van der Waals surface area contributed by atoms with Gasteiger partial charge in [-0.05, 0) is 38.8 Å². The van der Waals surface area contributed by atoms with Gasteiger partial charge in [0.1, 0.15) is 0 Å². The average Bonchev–Trinajstić information content (AvgIpc) is 2.29. The molecule has 2 nitrogen and oxygen atoms in total. The molecule has 2 aliphatic rings. The number of hydrogen-bond acceptors (Lipinski definition) is 2. The molecule has 0 unspecified atom stereocenters. The van der Waals surface area contributed by atoms with Crippen LogP contribution < -0.4 is 10.6 Å². The highest BCUT2D eigenvalue weighted by atomic mass is 15.1. The van der Waals surface area contributed by atoms with E-state index in [1.54, 1.807) is 0 Å². The van der Waals surface area contributed by atoms with Crippen molar-refractivity contribution in [3.63, 3.8) is 0 Å². The Kier molecular flexibility index (Phi) is 1.46. The maximum Gasteiger partial charge on any atom is 0.0318 e. The highest BCUT2D eigenvalue weighted by Gasteiger charge is 2.39. The Balaban J connectivity index is 2.10. The fraction of sp³-hybridized carbons (Fsp3) is 1.00. The first-order valence-corrected chi connectivity index (χ1v) is 4.27. The van der Waals surface area contributed by atoms with Crippen molar-refractivity contribution in [2.24, 2.45) is 5.92 Å². The van der Waals surface area contributed by atoms with Crippen molar-refractivity contribution < 1.29 is 0 Å². The summed E-state index contributed by atoms with van der Waals surface area (Å²) in [6.45, 7) is 5.95. The van der Waals surface area contributed by atoms with Gasteiger partial charge < -0.3 is 10.6 Å². The van der Waals surface area contributed by atoms with Crippen molar-refractivity contribution >= 4 is 0 Å². The van der Waals surface area contributed by atoms with E-state index in [9.17, 15) is 0 Å². The Morgan fingerprint density at radius 1 is 1.50 bits per heavy atom. The largest absolute Gasteiger partial charge is 0.315 e. The molecule has 0 amide bonds. The second kappa shape index (κ2) is 2.21. The topological polar surface area (TPSA) is 24.1 Å². The third-order valence-electron chi connectivity index (χ3n) is 3.04. The van der Waals surface area contributed by atoms with Gasteiger partial charge in [-0.15, -0.1) is 0 Å². The van der Waals surface area contributed by atoms with Crippen LogP contribution in [0.15, 0.2) is 0 Å². The molecule has 0 aromatic heterocycles. The highest BCUT2D eigenvalue weighted by molar-refractivity contribution is 5.00. The summed E-state index contributed by atoms with van der Waals surface area (Å²) in [4.78, 5) is 0. The Hall–Kier alpha value is -0.0800. The number of fused-ring (bicyclic) bond motifs is 1. The predicted molar refractivity (Wildman–Crippen MR) is 42.0 cm³/mol. The molecule has 0 radical (unpaired) electrons. The van der Waals surface area contributed by atoms with Gasteiger partial charge in [0.15, 0.2) is 0 Å². The SMILES string of the molecule is C[C@@]12CNC[C@@H]1CCCN2. The summed E-state index contributed by atoms with van der Waals surface area (Å²) in [7, 11) is 0. The van der Waals surface area contributed by atoms with E-state index in [1.807, 2.05) is 0 Å². The average molecular weight is 140 g/mol. The van der Waals surface area contributed by atoms with E-state index in [-0.39, 0.29) is 0 Å². The summed E-state index contributed by atoms with van der Waals surface area (Å²) in [5, 5.41) is 7.04. The molecule has 2 aliphatic heterocycles. The second-order valence-electron chi connectivity index (χ2n) is 3.81. The molecular formula is C8H16N2. The van der Waals surface area contributed by atoms with Crippen molar-refractivity contribution in [1.82, 2.24) is 10.6 Å². The zero-order chi connectivity index (χ0) is 7.03. The molecular weight excluding hydrogens is 124 g/mol. The maximum absolute atomic E-state index is 3.59. The molecule has 2 saturated heterocycles. The van der Waals surface area contributed by atoms with Crippen LogP contribution in [0, 0.1) is 5.92 Å². The van der Waals surface area contributed by atoms with Crippen LogP contribution in [0.25, 0.3) is 0 Å². The van der Waals surface area contributed by atoms with Gasteiger partial charge in [-0.3, -0.25) is 0 Å². The summed E-state index contributed by atoms with van der Waals surface area (Å²) < 4.78 is 0. The van der Waals surface area contributed by atoms with Gasteiger partial charge in [-0.25, -0.2) is 0 Å². The van der Waals surface area contributed by atoms with E-state index < -0.39 is 0 Å². The molecule has 2 N–H and O–H groups in total. The van der Waals surface area contributed by atoms with E-state index in [4.69, 9.17) is 0 Å². The molecule has 2 atom stereocenters. The molecule has 2 fully saturated rings. The summed E-state index contributed by atoms with van der Waals surface area (Å²) in [5.74, 6) is 0.890. The Bertz CT molecular complexity index is 135. The van der Waals surface area contributed by atoms with Gasteiger partial charge in [0.25, 0.3) is 0 Å². The molecule has 58 valence electrons. The zero-order valence-corrected chi connectivity index (χ0v) is 6.61. The first kappa shape index (κ1) is 6.62. The first-order valence-electron chi connectivity index (χ1n) is 4.27. The smallest absolute Gasteiger partial charge is 0.0318 e. The molecule has 0 saturated carbocycles. The quantitative estimate of drug-likeness (QED) is 0.507. The standard InChI is InChI=1S/C8H16N2/c1-8-6-9-5-7(8)3-2-4-10-8/h7,9-10H,2-6H2,1H3/t7-,8+/m0/s1. The van der Waals surface area contributed by atoms with Crippen LogP contribution in [0.1, 0.15) is 19.8 Å². The molecule has 0 bridgehead atoms. The Morgan fingerprint density at radius 2 is 2.40 bits per heavy atom. The van der Waals surface area contributed by atoms with Gasteiger partial charge >= 0.3 is 0 Å². The number of nitrogens with one attached hydrogen (secondary N) is 2. The maximum atomic E-state index is 3.59. The van der Waals surface area contributed by atoms with Gasteiger partial charge in [0, 0.05) is 12.1 Å². The van der Waals surface area contributed by atoms with Crippen molar-refractivity contribution in [2.75, 3.05) is 19.6 Å². The minimum atomic E-state index is 0.429. The van der Waals surface area contributed by atoms with Crippen molar-refractivity contribution in [2.45, 2.75) is 25.3 Å². The Labute approximate surface area is 62.4 Å². The summed E-state index contributed by atoms with van der Waals surface area (Å²) in [6.07, 6.45) is 2.78. The van der Waals surface area contributed by atoms with Crippen LogP contribution >= 0.6 is 0 Å². The fourth-order valence-corrected chi connectivity index (χ4v) is 2.23. The van der Waals surface area contributed by atoms with Gasteiger partial charge in [-0.1, -0.05) is 0 Å². The van der Waals surface area contributed by atoms with Crippen LogP contribution in [-0.4, -0.2) is 25.2 Å². The molecule has 0 aromatic rings. The van der Waals surface area contributed by atoms with Crippen LogP contribution in [0.4, 0.5) is 0 Å². The monoisotopic (exact) mass is 140 g/mol. The minimum absolute atomic E-state index is 0.429.